The lowest BCUT2D eigenvalue weighted by Gasteiger charge is -2.23. The van der Waals surface area contributed by atoms with E-state index >= 15 is 0 Å². The molecular weight excluding hydrogens is 480 g/mol. The number of likely N-dealkylation sites (N-methyl/N-ethyl adjacent to an activating group) is 1. The van der Waals surface area contributed by atoms with Crippen molar-refractivity contribution in [3.05, 3.63) is 82.8 Å². The fraction of sp³-hybridized carbons (Fsp3) is 0.300. The molecule has 1 atom stereocenters. The summed E-state index contributed by atoms with van der Waals surface area (Å²) in [6.45, 7) is 13.6. The van der Waals surface area contributed by atoms with Crippen molar-refractivity contribution in [2.24, 2.45) is 13.0 Å². The van der Waals surface area contributed by atoms with Crippen LogP contribution in [-0.4, -0.2) is 29.0 Å². The number of nitrogens with one attached hydrogen (secondary N) is 3. The van der Waals surface area contributed by atoms with E-state index in [1.165, 1.54) is 10.6 Å². The average molecular weight is 517 g/mol. The maximum absolute atomic E-state index is 13.1. The van der Waals surface area contributed by atoms with Crippen LogP contribution in [0.25, 0.3) is 11.1 Å². The molecule has 2 aromatic carbocycles. The lowest BCUT2D eigenvalue weighted by Crippen LogP contribution is -2.44. The van der Waals surface area contributed by atoms with Crippen LogP contribution in [0.3, 0.4) is 0 Å². The third kappa shape index (κ3) is 6.51. The number of pyridine rings is 1. The van der Waals surface area contributed by atoms with E-state index in [0.29, 0.717) is 29.1 Å². The number of benzene rings is 2. The molecular formula is C30H36N4O4. The molecule has 1 aromatic heterocycles. The van der Waals surface area contributed by atoms with E-state index in [0.717, 1.165) is 16.9 Å². The minimum absolute atomic E-state index is 0.0599. The van der Waals surface area contributed by atoms with Crippen molar-refractivity contribution < 1.29 is 14.3 Å². The van der Waals surface area contributed by atoms with Crippen LogP contribution in [0.5, 0.6) is 11.5 Å². The van der Waals surface area contributed by atoms with E-state index in [1.807, 2.05) is 52.8 Å². The molecule has 8 nitrogen and oxygen atoms in total. The van der Waals surface area contributed by atoms with Crippen LogP contribution in [-0.2, 0) is 16.6 Å². The normalized spacial score (nSPS) is 11.6. The van der Waals surface area contributed by atoms with E-state index in [4.69, 9.17) is 4.74 Å². The monoisotopic (exact) mass is 516 g/mol. The molecule has 8 heteroatoms. The molecule has 0 aliphatic carbocycles. The molecule has 1 unspecified atom stereocenters. The molecule has 0 fully saturated rings. The second-order valence-corrected chi connectivity index (χ2v) is 9.55. The van der Waals surface area contributed by atoms with Gasteiger partial charge in [-0.3, -0.25) is 14.4 Å². The molecule has 3 aromatic rings. The summed E-state index contributed by atoms with van der Waals surface area (Å²) in [5.41, 5.74) is 3.85. The average Bonchev–Trinajstić information content (AvgIpc) is 2.87. The number of ether oxygens (including phenoxy) is 1. The fourth-order valence-corrected chi connectivity index (χ4v) is 4.13. The smallest absolute Gasteiger partial charge is 0.273 e. The van der Waals surface area contributed by atoms with Crippen LogP contribution in [0.1, 0.15) is 31.9 Å². The van der Waals surface area contributed by atoms with Gasteiger partial charge in [0.25, 0.3) is 5.56 Å². The minimum atomic E-state index is -0.596. The van der Waals surface area contributed by atoms with Gasteiger partial charge in [0.15, 0.2) is 0 Å². The Kier molecular flexibility index (Phi) is 9.12. The number of aromatic nitrogens is 1. The Morgan fingerprint density at radius 2 is 1.79 bits per heavy atom. The Bertz CT molecular complexity index is 1390. The second-order valence-electron chi connectivity index (χ2n) is 9.55. The van der Waals surface area contributed by atoms with Gasteiger partial charge in [0.05, 0.1) is 0 Å². The first-order chi connectivity index (χ1) is 18.0. The number of carbonyl (C=O) groups is 2. The molecule has 0 saturated carbocycles. The van der Waals surface area contributed by atoms with Gasteiger partial charge >= 0.3 is 0 Å². The quantitative estimate of drug-likeness (QED) is 0.323. The van der Waals surface area contributed by atoms with Gasteiger partial charge in [0.1, 0.15) is 23.2 Å². The van der Waals surface area contributed by atoms with Crippen LogP contribution < -0.4 is 26.2 Å². The van der Waals surface area contributed by atoms with Crippen LogP contribution in [0.2, 0.25) is 0 Å². The largest absolute Gasteiger partial charge is 0.456 e. The summed E-state index contributed by atoms with van der Waals surface area (Å²) in [5.74, 6) is 0.700. The van der Waals surface area contributed by atoms with Gasteiger partial charge in [-0.25, -0.2) is 0 Å². The number of carbonyl (C=O) groups excluding carboxylic acids is 2. The molecule has 0 spiro atoms. The minimum Gasteiger partial charge on any atom is -0.456 e. The molecule has 0 aliphatic rings. The molecule has 3 N–H and O–H groups in total. The zero-order chi connectivity index (χ0) is 28.0. The van der Waals surface area contributed by atoms with E-state index < -0.39 is 6.04 Å². The van der Waals surface area contributed by atoms with Crippen LogP contribution in [0.15, 0.2) is 66.1 Å². The first kappa shape index (κ1) is 28.2. The number of nitrogens with zero attached hydrogens (tertiary/aromatic N) is 1. The maximum atomic E-state index is 13.1. The van der Waals surface area contributed by atoms with Gasteiger partial charge in [-0.1, -0.05) is 38.6 Å². The Hall–Kier alpha value is -4.33. The molecule has 0 aliphatic heterocycles. The Morgan fingerprint density at radius 1 is 1.11 bits per heavy atom. The van der Waals surface area contributed by atoms with Gasteiger partial charge in [0.2, 0.25) is 11.8 Å². The van der Waals surface area contributed by atoms with Crippen molar-refractivity contribution in [3.8, 4) is 22.6 Å². The first-order valence-electron chi connectivity index (χ1n) is 12.6. The van der Waals surface area contributed by atoms with E-state index in [9.17, 15) is 14.4 Å². The third-order valence-electron chi connectivity index (χ3n) is 6.16. The predicted octanol–water partition coefficient (Wildman–Crippen LogP) is 5.16. The number of para-hydroxylation sites is 1. The number of anilines is 2. The summed E-state index contributed by atoms with van der Waals surface area (Å²) in [6.07, 6.45) is 2.90. The fourth-order valence-electron chi connectivity index (χ4n) is 4.13. The summed E-state index contributed by atoms with van der Waals surface area (Å²) >= 11 is 0. The van der Waals surface area contributed by atoms with Crippen molar-refractivity contribution in [1.82, 2.24) is 9.88 Å². The van der Waals surface area contributed by atoms with Gasteiger partial charge in [-0.2, -0.15) is 0 Å². The molecule has 0 radical (unpaired) electrons. The molecule has 3 rings (SSSR count). The summed E-state index contributed by atoms with van der Waals surface area (Å²) in [7, 11) is 1.66. The summed E-state index contributed by atoms with van der Waals surface area (Å²) in [5, 5.41) is 8.77. The second kappa shape index (κ2) is 12.3. The Balaban J connectivity index is 2.16. The van der Waals surface area contributed by atoms with Gasteiger partial charge < -0.3 is 25.3 Å². The number of amides is 2. The Labute approximate surface area is 223 Å². The van der Waals surface area contributed by atoms with Crippen LogP contribution in [0.4, 0.5) is 11.4 Å². The lowest BCUT2D eigenvalue weighted by molar-refractivity contribution is -0.122. The highest BCUT2D eigenvalue weighted by atomic mass is 16.5. The van der Waals surface area contributed by atoms with Crippen molar-refractivity contribution in [2.75, 3.05) is 17.2 Å². The third-order valence-corrected chi connectivity index (χ3v) is 6.16. The van der Waals surface area contributed by atoms with E-state index in [1.54, 1.807) is 37.5 Å². The Morgan fingerprint density at radius 3 is 2.39 bits per heavy atom. The molecule has 1 heterocycles. The first-order valence-corrected chi connectivity index (χ1v) is 12.6. The summed E-state index contributed by atoms with van der Waals surface area (Å²) in [4.78, 5) is 37.8. The number of hydrogen-bond acceptors (Lipinski definition) is 5. The summed E-state index contributed by atoms with van der Waals surface area (Å²) in [6, 6.07) is 12.4. The van der Waals surface area contributed by atoms with Crippen LogP contribution >= 0.6 is 0 Å². The highest BCUT2D eigenvalue weighted by Gasteiger charge is 2.23. The van der Waals surface area contributed by atoms with Crippen LogP contribution in [0, 0.1) is 19.8 Å². The zero-order valence-electron chi connectivity index (χ0n) is 22.8. The van der Waals surface area contributed by atoms with Crippen molar-refractivity contribution in [3.63, 3.8) is 0 Å². The van der Waals surface area contributed by atoms with Crippen molar-refractivity contribution in [1.29, 1.82) is 0 Å². The highest BCUT2D eigenvalue weighted by molar-refractivity contribution is 5.99. The van der Waals surface area contributed by atoms with E-state index in [-0.39, 0.29) is 29.0 Å². The number of hydrogen-bond donors (Lipinski definition) is 3. The highest BCUT2D eigenvalue weighted by Crippen LogP contribution is 2.38. The van der Waals surface area contributed by atoms with Gasteiger partial charge in [-0.05, 0) is 68.2 Å². The molecule has 0 saturated heterocycles. The maximum Gasteiger partial charge on any atom is 0.273 e. The number of aryl methyl sites for hydroxylation is 3. The molecule has 0 bridgehead atoms. The summed E-state index contributed by atoms with van der Waals surface area (Å²) < 4.78 is 7.87. The SMILES string of the molecule is C=CC(=O)Nc1ccc(Oc2c(C)cccc2C)c(-c2cc(NC(C(=O)NCC)C(C)C)c(=O)n(C)c2)c1. The lowest BCUT2D eigenvalue weighted by atomic mass is 10.0. The predicted molar refractivity (Wildman–Crippen MR) is 153 cm³/mol. The van der Waals surface area contributed by atoms with Crippen molar-refractivity contribution in [2.45, 2.75) is 40.7 Å². The molecule has 200 valence electrons. The zero-order valence-corrected chi connectivity index (χ0v) is 22.8. The van der Waals surface area contributed by atoms with Crippen molar-refractivity contribution >= 4 is 23.2 Å². The van der Waals surface area contributed by atoms with E-state index in [2.05, 4.69) is 22.5 Å². The standard InChI is InChI=1S/C30H36N4O4/c1-8-26(35)32-22-13-14-25(38-28-19(5)11-10-12-20(28)6)23(16-22)21-15-24(30(37)34(7)17-21)33-27(18(3)4)29(36)31-9-2/h8,10-18,27,33H,1,9H2,2-7H3,(H,31,36)(H,32,35). The van der Waals surface area contributed by atoms with Gasteiger partial charge in [-0.15, -0.1) is 0 Å². The molecule has 38 heavy (non-hydrogen) atoms. The van der Waals surface area contributed by atoms with Gasteiger partial charge in [0, 0.05) is 36.6 Å². The topological polar surface area (TPSA) is 101 Å². The molecule has 2 amide bonds. The number of rotatable bonds is 10.